The van der Waals surface area contributed by atoms with Gasteiger partial charge in [-0.1, -0.05) is 25.1 Å². The second-order valence-corrected chi connectivity index (χ2v) is 10.5. The van der Waals surface area contributed by atoms with Gasteiger partial charge in [-0.15, -0.1) is 0 Å². The number of carbonyl (C=O) groups excluding carboxylic acids is 3. The Balaban J connectivity index is 1.62. The molecule has 1 saturated heterocycles. The minimum Gasteiger partial charge on any atom is -0.491 e. The van der Waals surface area contributed by atoms with E-state index in [4.69, 9.17) is 14.2 Å². The highest BCUT2D eigenvalue weighted by molar-refractivity contribution is 6.00. The molecule has 0 aromatic heterocycles. The largest absolute Gasteiger partial charge is 0.491 e. The van der Waals surface area contributed by atoms with Gasteiger partial charge in [-0.3, -0.25) is 14.4 Å². The van der Waals surface area contributed by atoms with E-state index in [0.29, 0.717) is 61.7 Å². The molecule has 1 fully saturated rings. The zero-order chi connectivity index (χ0) is 27.9. The molecule has 3 atom stereocenters. The van der Waals surface area contributed by atoms with Crippen molar-refractivity contribution in [1.82, 2.24) is 9.80 Å². The Hall–Kier alpha value is -3.43. The van der Waals surface area contributed by atoms with Crippen LogP contribution in [0.3, 0.4) is 0 Å². The van der Waals surface area contributed by atoms with E-state index in [1.807, 2.05) is 49.1 Å². The highest BCUT2D eigenvalue weighted by atomic mass is 16.5. The third-order valence-corrected chi connectivity index (χ3v) is 7.59. The van der Waals surface area contributed by atoms with Gasteiger partial charge in [0.1, 0.15) is 12.4 Å². The molecule has 2 aliphatic heterocycles. The molecule has 0 radical (unpaired) electrons. The van der Waals surface area contributed by atoms with Gasteiger partial charge in [-0.05, 0) is 50.1 Å². The lowest BCUT2D eigenvalue weighted by molar-refractivity contribution is -0.122. The first-order valence-corrected chi connectivity index (χ1v) is 13.6. The van der Waals surface area contributed by atoms with Crippen LogP contribution in [0.2, 0.25) is 0 Å². The zero-order valence-electron chi connectivity index (χ0n) is 23.2. The molecule has 0 bridgehead atoms. The minimum atomic E-state index is -0.294. The van der Waals surface area contributed by atoms with Crippen LogP contribution >= 0.6 is 0 Å². The normalized spacial score (nSPS) is 23.2. The third kappa shape index (κ3) is 6.96. The molecule has 9 nitrogen and oxygen atoms in total. The van der Waals surface area contributed by atoms with Crippen molar-refractivity contribution in [1.29, 1.82) is 0 Å². The number of ether oxygens (including phenoxy) is 3. The maximum atomic E-state index is 13.6. The molecular weight excluding hydrogens is 498 g/mol. The summed E-state index contributed by atoms with van der Waals surface area (Å²) >= 11 is 0. The molecule has 0 unspecified atom stereocenters. The zero-order valence-corrected chi connectivity index (χ0v) is 23.2. The maximum Gasteiger partial charge on any atom is 0.257 e. The summed E-state index contributed by atoms with van der Waals surface area (Å²) in [5.74, 6) is -0.160. The molecule has 1 N–H and O–H groups in total. The summed E-state index contributed by atoms with van der Waals surface area (Å²) in [6.45, 7) is 6.08. The lowest BCUT2D eigenvalue weighted by atomic mass is 9.99. The lowest BCUT2D eigenvalue weighted by Gasteiger charge is -2.36. The molecule has 39 heavy (non-hydrogen) atoms. The molecule has 2 aliphatic rings. The first-order chi connectivity index (χ1) is 18.8. The van der Waals surface area contributed by atoms with E-state index in [0.717, 1.165) is 0 Å². The summed E-state index contributed by atoms with van der Waals surface area (Å²) in [6, 6.07) is 14.0. The molecule has 2 aromatic carbocycles. The smallest absolute Gasteiger partial charge is 0.257 e. The van der Waals surface area contributed by atoms with Gasteiger partial charge in [0.15, 0.2) is 0 Å². The van der Waals surface area contributed by atoms with Gasteiger partial charge in [-0.2, -0.15) is 0 Å². The standard InChI is InChI=1S/C30H39N3O6/c1-20-17-33(29(35)23-8-6-5-7-9-23)21(2)19-39-26-11-10-24(31-28(34)22-12-14-38-15-13-22)16-25(26)30(36)32(3)18-27(20)37-4/h5-11,16,20-22,27H,12-15,17-19H2,1-4H3,(H,31,34)/t20-,21+,27+/m1/s1. The van der Waals surface area contributed by atoms with Crippen molar-refractivity contribution >= 4 is 23.4 Å². The van der Waals surface area contributed by atoms with Crippen LogP contribution < -0.4 is 10.1 Å². The fourth-order valence-corrected chi connectivity index (χ4v) is 5.09. The van der Waals surface area contributed by atoms with Gasteiger partial charge in [0.2, 0.25) is 5.91 Å². The van der Waals surface area contributed by atoms with Crippen LogP contribution in [0.1, 0.15) is 47.4 Å². The van der Waals surface area contributed by atoms with Crippen molar-refractivity contribution in [3.05, 3.63) is 59.7 Å². The molecule has 0 saturated carbocycles. The number of likely N-dealkylation sites (N-methyl/N-ethyl adjacent to an activating group) is 1. The Bertz CT molecular complexity index is 1150. The van der Waals surface area contributed by atoms with Gasteiger partial charge >= 0.3 is 0 Å². The summed E-state index contributed by atoms with van der Waals surface area (Å²) in [5, 5.41) is 2.96. The average molecular weight is 538 g/mol. The van der Waals surface area contributed by atoms with Crippen molar-refractivity contribution in [3.63, 3.8) is 0 Å². The Morgan fingerprint density at radius 2 is 1.74 bits per heavy atom. The van der Waals surface area contributed by atoms with E-state index >= 15 is 0 Å². The van der Waals surface area contributed by atoms with E-state index in [9.17, 15) is 14.4 Å². The van der Waals surface area contributed by atoms with Crippen LogP contribution in [-0.2, 0) is 14.3 Å². The van der Waals surface area contributed by atoms with Crippen LogP contribution in [0.15, 0.2) is 48.5 Å². The van der Waals surface area contributed by atoms with Crippen LogP contribution in [-0.4, -0.2) is 86.7 Å². The van der Waals surface area contributed by atoms with Gasteiger partial charge in [0.25, 0.3) is 11.8 Å². The van der Waals surface area contributed by atoms with E-state index in [-0.39, 0.29) is 48.3 Å². The van der Waals surface area contributed by atoms with Crippen LogP contribution in [0, 0.1) is 11.8 Å². The second kappa shape index (κ2) is 13.1. The Morgan fingerprint density at radius 3 is 2.44 bits per heavy atom. The molecule has 210 valence electrons. The van der Waals surface area contributed by atoms with Crippen LogP contribution in [0.25, 0.3) is 0 Å². The molecule has 4 rings (SSSR count). The van der Waals surface area contributed by atoms with E-state index in [1.54, 1.807) is 37.3 Å². The Morgan fingerprint density at radius 1 is 1.03 bits per heavy atom. The van der Waals surface area contributed by atoms with Gasteiger partial charge in [0.05, 0.1) is 17.7 Å². The molecule has 2 heterocycles. The van der Waals surface area contributed by atoms with E-state index in [2.05, 4.69) is 5.32 Å². The number of nitrogens with zero attached hydrogens (tertiary/aromatic N) is 2. The van der Waals surface area contributed by atoms with Gasteiger partial charge in [-0.25, -0.2) is 0 Å². The Kier molecular flexibility index (Phi) is 9.59. The monoisotopic (exact) mass is 537 g/mol. The first kappa shape index (κ1) is 28.6. The van der Waals surface area contributed by atoms with Gasteiger partial charge < -0.3 is 29.3 Å². The van der Waals surface area contributed by atoms with Crippen molar-refractivity contribution in [2.45, 2.75) is 38.8 Å². The number of fused-ring (bicyclic) bond motifs is 1. The number of rotatable bonds is 4. The fraction of sp³-hybridized carbons (Fsp3) is 0.500. The molecule has 2 aromatic rings. The first-order valence-electron chi connectivity index (χ1n) is 13.6. The maximum absolute atomic E-state index is 13.6. The topological polar surface area (TPSA) is 97.4 Å². The predicted octanol–water partition coefficient (Wildman–Crippen LogP) is 3.70. The molecule has 9 heteroatoms. The highest BCUT2D eigenvalue weighted by Gasteiger charge is 2.31. The third-order valence-electron chi connectivity index (χ3n) is 7.59. The predicted molar refractivity (Wildman–Crippen MR) is 148 cm³/mol. The number of anilines is 1. The Labute approximate surface area is 230 Å². The van der Waals surface area contributed by atoms with Crippen molar-refractivity contribution in [2.75, 3.05) is 52.4 Å². The quantitative estimate of drug-likeness (QED) is 0.639. The highest BCUT2D eigenvalue weighted by Crippen LogP contribution is 2.28. The number of methoxy groups -OCH3 is 1. The van der Waals surface area contributed by atoms with Crippen LogP contribution in [0.5, 0.6) is 5.75 Å². The molecule has 3 amide bonds. The summed E-state index contributed by atoms with van der Waals surface area (Å²) in [6.07, 6.45) is 1.06. The average Bonchev–Trinajstić information content (AvgIpc) is 2.97. The molecule has 0 spiro atoms. The van der Waals surface area contributed by atoms with Crippen molar-refractivity contribution in [3.8, 4) is 5.75 Å². The summed E-state index contributed by atoms with van der Waals surface area (Å²) in [7, 11) is 3.35. The fourth-order valence-electron chi connectivity index (χ4n) is 5.09. The summed E-state index contributed by atoms with van der Waals surface area (Å²) in [4.78, 5) is 43.4. The van der Waals surface area contributed by atoms with E-state index < -0.39 is 0 Å². The number of carbonyl (C=O) groups is 3. The number of nitrogens with one attached hydrogen (secondary N) is 1. The molecule has 0 aliphatic carbocycles. The summed E-state index contributed by atoms with van der Waals surface area (Å²) < 4.78 is 17.3. The van der Waals surface area contributed by atoms with Crippen molar-refractivity contribution < 1.29 is 28.6 Å². The van der Waals surface area contributed by atoms with Crippen molar-refractivity contribution in [2.24, 2.45) is 11.8 Å². The minimum absolute atomic E-state index is 0.0515. The van der Waals surface area contributed by atoms with Crippen LogP contribution in [0.4, 0.5) is 5.69 Å². The lowest BCUT2D eigenvalue weighted by Crippen LogP contribution is -2.48. The SMILES string of the molecule is CO[C@H]1CN(C)C(=O)c2cc(NC(=O)C3CCOCC3)ccc2OC[C@H](C)N(C(=O)c2ccccc2)C[C@H]1C. The van der Waals surface area contributed by atoms with E-state index in [1.165, 1.54) is 0 Å². The number of amides is 3. The van der Waals surface area contributed by atoms with Gasteiger partial charge in [0, 0.05) is 63.5 Å². The second-order valence-electron chi connectivity index (χ2n) is 10.5. The number of benzene rings is 2. The summed E-state index contributed by atoms with van der Waals surface area (Å²) in [5.41, 5.74) is 1.49. The molecular formula is C30H39N3O6. The number of hydrogen-bond acceptors (Lipinski definition) is 6. The number of hydrogen-bond donors (Lipinski definition) is 1.